The highest BCUT2D eigenvalue weighted by Crippen LogP contribution is 2.33. The molecule has 0 saturated heterocycles. The van der Waals surface area contributed by atoms with E-state index in [1.54, 1.807) is 23.9 Å². The Hall–Kier alpha value is -3.72. The van der Waals surface area contributed by atoms with Crippen LogP contribution in [0, 0.1) is 5.92 Å². The quantitative estimate of drug-likeness (QED) is 0.461. The minimum Gasteiger partial charge on any atom is -0.373 e. The van der Waals surface area contributed by atoms with Crippen LogP contribution in [0.2, 0.25) is 0 Å². The molecule has 194 valence electrons. The summed E-state index contributed by atoms with van der Waals surface area (Å²) in [6.45, 7) is 4.67. The van der Waals surface area contributed by atoms with E-state index in [2.05, 4.69) is 10.3 Å². The van der Waals surface area contributed by atoms with E-state index in [9.17, 15) is 18.0 Å². The zero-order chi connectivity index (χ0) is 26.7. The van der Waals surface area contributed by atoms with Gasteiger partial charge in [-0.2, -0.15) is 13.2 Å². The number of alkyl halides is 3. The fourth-order valence-electron chi connectivity index (χ4n) is 4.43. The van der Waals surface area contributed by atoms with E-state index in [-0.39, 0.29) is 18.4 Å². The number of benzodiazepines with no additional fused rings is 1. The predicted octanol–water partition coefficient (Wildman–Crippen LogP) is 5.44. The Labute approximate surface area is 214 Å². The molecule has 2 heterocycles. The number of anilines is 2. The molecule has 0 radical (unpaired) electrons. The Morgan fingerprint density at radius 1 is 1.03 bits per heavy atom. The van der Waals surface area contributed by atoms with Gasteiger partial charge in [-0.1, -0.05) is 62.4 Å². The van der Waals surface area contributed by atoms with Gasteiger partial charge in [0.25, 0.3) is 5.91 Å². The number of amides is 1. The number of rotatable bonds is 7. The first-order valence-electron chi connectivity index (χ1n) is 12.1. The van der Waals surface area contributed by atoms with Crippen molar-refractivity contribution in [2.45, 2.75) is 32.7 Å². The Morgan fingerprint density at radius 2 is 1.70 bits per heavy atom. The van der Waals surface area contributed by atoms with Crippen LogP contribution in [0.3, 0.4) is 0 Å². The van der Waals surface area contributed by atoms with Gasteiger partial charge in [0.15, 0.2) is 6.17 Å². The molecule has 6 nitrogen and oxygen atoms in total. The third-order valence-corrected chi connectivity index (χ3v) is 6.11. The molecule has 3 aromatic rings. The fraction of sp³-hybridized carbons (Fsp3) is 0.321. The van der Waals surface area contributed by atoms with Crippen molar-refractivity contribution in [1.82, 2.24) is 9.88 Å². The maximum Gasteiger partial charge on any atom is 0.417 e. The number of aromatic nitrogens is 1. The number of nitrogens with zero attached hydrogens (tertiary/aromatic N) is 4. The lowest BCUT2D eigenvalue weighted by Gasteiger charge is -2.28. The molecule has 1 amide bonds. The number of hydrogen-bond acceptors (Lipinski definition) is 5. The minimum absolute atomic E-state index is 0.121. The predicted molar refractivity (Wildman–Crippen MR) is 140 cm³/mol. The molecule has 1 aromatic heterocycles. The van der Waals surface area contributed by atoms with Crippen LogP contribution in [0.15, 0.2) is 71.9 Å². The van der Waals surface area contributed by atoms with Crippen LogP contribution in [-0.4, -0.2) is 48.3 Å². The number of para-hydroxylation sites is 1. The summed E-state index contributed by atoms with van der Waals surface area (Å²) in [5.74, 6) is -0.0980. The van der Waals surface area contributed by atoms with Crippen molar-refractivity contribution in [3.8, 4) is 0 Å². The number of carbonyl (C=O) groups is 1. The van der Waals surface area contributed by atoms with E-state index in [4.69, 9.17) is 4.99 Å². The zero-order valence-corrected chi connectivity index (χ0v) is 21.3. The van der Waals surface area contributed by atoms with Gasteiger partial charge in [0.2, 0.25) is 0 Å². The Kier molecular flexibility index (Phi) is 7.63. The number of carbonyl (C=O) groups excluding carboxylic acids is 1. The van der Waals surface area contributed by atoms with Gasteiger partial charge in [0.05, 0.1) is 28.3 Å². The van der Waals surface area contributed by atoms with Gasteiger partial charge in [0, 0.05) is 37.5 Å². The van der Waals surface area contributed by atoms with Crippen molar-refractivity contribution in [2.75, 3.05) is 30.9 Å². The van der Waals surface area contributed by atoms with Crippen molar-refractivity contribution in [3.63, 3.8) is 0 Å². The van der Waals surface area contributed by atoms with Crippen LogP contribution in [0.4, 0.5) is 24.5 Å². The van der Waals surface area contributed by atoms with Crippen molar-refractivity contribution < 1.29 is 18.0 Å². The molecule has 0 fully saturated rings. The number of likely N-dealkylation sites (N-methyl/N-ethyl adjacent to an activating group) is 1. The van der Waals surface area contributed by atoms with E-state index in [0.717, 1.165) is 23.4 Å². The third kappa shape index (κ3) is 5.99. The maximum absolute atomic E-state index is 13.5. The second-order valence-electron chi connectivity index (χ2n) is 9.63. The number of hydrogen-bond donors (Lipinski definition) is 1. The summed E-state index contributed by atoms with van der Waals surface area (Å²) in [4.78, 5) is 25.8. The molecule has 0 saturated carbocycles. The second-order valence-corrected chi connectivity index (χ2v) is 9.63. The largest absolute Gasteiger partial charge is 0.417 e. The number of pyridine rings is 1. The van der Waals surface area contributed by atoms with E-state index >= 15 is 0 Å². The van der Waals surface area contributed by atoms with Gasteiger partial charge in [-0.3, -0.25) is 19.7 Å². The van der Waals surface area contributed by atoms with Crippen LogP contribution in [0.25, 0.3) is 0 Å². The molecule has 0 aliphatic carbocycles. The van der Waals surface area contributed by atoms with Gasteiger partial charge >= 0.3 is 6.18 Å². The van der Waals surface area contributed by atoms with Crippen molar-refractivity contribution in [3.05, 3.63) is 89.2 Å². The highest BCUT2D eigenvalue weighted by atomic mass is 19.4. The van der Waals surface area contributed by atoms with Crippen LogP contribution >= 0.6 is 0 Å². The molecule has 1 unspecified atom stereocenters. The highest BCUT2D eigenvalue weighted by molar-refractivity contribution is 6.19. The van der Waals surface area contributed by atoms with Gasteiger partial charge in [0.1, 0.15) is 0 Å². The number of benzene rings is 2. The Morgan fingerprint density at radius 3 is 2.38 bits per heavy atom. The number of nitrogens with one attached hydrogen (secondary N) is 1. The normalized spacial score (nSPS) is 15.8. The number of halogens is 3. The minimum atomic E-state index is -4.51. The number of aliphatic imine (C=N–C) groups is 1. The van der Waals surface area contributed by atoms with E-state index in [1.807, 2.05) is 68.4 Å². The van der Waals surface area contributed by atoms with Crippen molar-refractivity contribution in [1.29, 1.82) is 0 Å². The average molecular weight is 510 g/mol. The van der Waals surface area contributed by atoms with Crippen LogP contribution < -0.4 is 10.2 Å². The first-order valence-corrected chi connectivity index (χ1v) is 12.1. The Bertz CT molecular complexity index is 1290. The van der Waals surface area contributed by atoms with Crippen LogP contribution in [-0.2, 0) is 17.5 Å². The molecule has 0 spiro atoms. The van der Waals surface area contributed by atoms with Crippen LogP contribution in [0.1, 0.15) is 36.2 Å². The third-order valence-electron chi connectivity index (χ3n) is 6.11. The zero-order valence-electron chi connectivity index (χ0n) is 21.3. The van der Waals surface area contributed by atoms with E-state index in [1.165, 1.54) is 0 Å². The molecule has 4 rings (SSSR count). The summed E-state index contributed by atoms with van der Waals surface area (Å²) in [7, 11) is 3.47. The topological polar surface area (TPSA) is 60.8 Å². The summed E-state index contributed by atoms with van der Waals surface area (Å²) in [5, 5.41) is 2.96. The molecule has 1 atom stereocenters. The molecule has 9 heteroatoms. The van der Waals surface area contributed by atoms with Crippen LogP contribution in [0.5, 0.6) is 0 Å². The van der Waals surface area contributed by atoms with Crippen molar-refractivity contribution in [2.24, 2.45) is 10.9 Å². The second kappa shape index (κ2) is 10.7. The summed E-state index contributed by atoms with van der Waals surface area (Å²) in [6, 6.07) is 18.2. The molecule has 1 N–H and O–H groups in total. The molecule has 1 aliphatic heterocycles. The first-order chi connectivity index (χ1) is 17.5. The first kappa shape index (κ1) is 26.3. The van der Waals surface area contributed by atoms with Gasteiger partial charge in [-0.25, -0.2) is 0 Å². The van der Waals surface area contributed by atoms with Gasteiger partial charge in [-0.15, -0.1) is 0 Å². The maximum atomic E-state index is 13.5. The molecular weight excluding hydrogens is 479 g/mol. The summed E-state index contributed by atoms with van der Waals surface area (Å²) < 4.78 is 40.4. The van der Waals surface area contributed by atoms with Gasteiger partial charge in [-0.05, 0) is 25.1 Å². The molecule has 2 aromatic carbocycles. The molecule has 1 aliphatic rings. The average Bonchev–Trinajstić information content (AvgIpc) is 2.99. The van der Waals surface area contributed by atoms with Crippen molar-refractivity contribution >= 4 is 23.0 Å². The smallest absolute Gasteiger partial charge is 0.373 e. The summed E-state index contributed by atoms with van der Waals surface area (Å²) in [5.41, 5.74) is 2.96. The van der Waals surface area contributed by atoms with Gasteiger partial charge < -0.3 is 10.2 Å². The number of fused-ring (bicyclic) bond motifs is 1. The highest BCUT2D eigenvalue weighted by Gasteiger charge is 2.33. The van der Waals surface area contributed by atoms with E-state index in [0.29, 0.717) is 29.3 Å². The molecule has 0 bridgehead atoms. The summed E-state index contributed by atoms with van der Waals surface area (Å²) >= 11 is 0. The summed E-state index contributed by atoms with van der Waals surface area (Å²) in [6.07, 6.45) is -4.58. The monoisotopic (exact) mass is 509 g/mol. The van der Waals surface area contributed by atoms with E-state index < -0.39 is 17.9 Å². The Balaban J connectivity index is 1.72. The molecular formula is C28H30F3N5O. The SMILES string of the molecule is CC(C)CN(C)c1cc(C(F)(F)F)cnc1CN(C)C1N=C(c2ccccc2)c2ccccc2NC1=O. The molecule has 37 heavy (non-hydrogen) atoms. The lowest BCUT2D eigenvalue weighted by atomic mass is 10.0. The fourth-order valence-corrected chi connectivity index (χ4v) is 4.43. The lowest BCUT2D eigenvalue weighted by molar-refractivity contribution is -0.137. The lowest BCUT2D eigenvalue weighted by Crippen LogP contribution is -2.40. The standard InChI is InChI=1S/C28H30F3N5O/c1-18(2)16-35(3)24-14-20(28(29,30)31)15-32-23(24)17-36(4)26-27(37)33-22-13-9-8-12-21(22)25(34-26)19-10-6-5-7-11-19/h5-15,18,26H,16-17H2,1-4H3,(H,33,37).